The van der Waals surface area contributed by atoms with Gasteiger partial charge in [0.25, 0.3) is 0 Å². The van der Waals surface area contributed by atoms with Crippen molar-refractivity contribution >= 4 is 16.6 Å². The maximum absolute atomic E-state index is 5.18. The van der Waals surface area contributed by atoms with Crippen molar-refractivity contribution in [3.05, 3.63) is 54.2 Å². The van der Waals surface area contributed by atoms with Crippen LogP contribution in [0.4, 0.5) is 5.69 Å². The Labute approximate surface area is 124 Å². The number of fused-ring (bicyclic) bond motifs is 1. The minimum Gasteiger partial charge on any atom is -0.497 e. The third-order valence-corrected chi connectivity index (χ3v) is 3.59. The number of nitrogens with one attached hydrogen (secondary N) is 2. The maximum atomic E-state index is 5.18. The summed E-state index contributed by atoms with van der Waals surface area (Å²) in [5.41, 5.74) is 3.45. The number of rotatable bonds is 5. The van der Waals surface area contributed by atoms with E-state index in [1.54, 1.807) is 7.11 Å². The molecule has 0 saturated heterocycles. The molecule has 0 saturated carbocycles. The van der Waals surface area contributed by atoms with Crippen molar-refractivity contribution in [2.24, 2.45) is 0 Å². The first kappa shape index (κ1) is 13.5. The number of H-pyrrole nitrogens is 1. The van der Waals surface area contributed by atoms with Crippen molar-refractivity contribution in [2.75, 3.05) is 12.4 Å². The Kier molecular flexibility index (Phi) is 3.77. The number of hydrogen-bond acceptors (Lipinski definition) is 3. The van der Waals surface area contributed by atoms with Gasteiger partial charge in [0.05, 0.1) is 18.8 Å². The monoisotopic (exact) mass is 281 g/mol. The summed E-state index contributed by atoms with van der Waals surface area (Å²) in [7, 11) is 1.69. The molecule has 1 atom stereocenters. The molecule has 3 aromatic rings. The van der Waals surface area contributed by atoms with E-state index in [-0.39, 0.29) is 0 Å². The number of aromatic amines is 1. The van der Waals surface area contributed by atoms with Gasteiger partial charge in [0, 0.05) is 17.1 Å². The average Bonchev–Trinajstić information content (AvgIpc) is 2.97. The SMILES string of the molecule is COc1ccc(CC(C)Nc2cccc3[nH]ncc23)cc1. The van der Waals surface area contributed by atoms with Gasteiger partial charge in [-0.15, -0.1) is 0 Å². The number of nitrogens with zero attached hydrogens (tertiary/aromatic N) is 1. The molecular weight excluding hydrogens is 262 g/mol. The zero-order chi connectivity index (χ0) is 14.7. The molecule has 4 nitrogen and oxygen atoms in total. The van der Waals surface area contributed by atoms with Crippen molar-refractivity contribution in [1.29, 1.82) is 0 Å². The fourth-order valence-electron chi connectivity index (χ4n) is 2.53. The molecule has 0 aliphatic rings. The van der Waals surface area contributed by atoms with E-state index in [1.807, 2.05) is 30.5 Å². The summed E-state index contributed by atoms with van der Waals surface area (Å²) >= 11 is 0. The summed E-state index contributed by atoms with van der Waals surface area (Å²) in [4.78, 5) is 0. The van der Waals surface area contributed by atoms with Gasteiger partial charge in [-0.1, -0.05) is 18.2 Å². The molecule has 0 aliphatic carbocycles. The fraction of sp³-hybridized carbons (Fsp3) is 0.235. The van der Waals surface area contributed by atoms with Gasteiger partial charge in [0.15, 0.2) is 0 Å². The first-order valence-electron chi connectivity index (χ1n) is 7.08. The van der Waals surface area contributed by atoms with Crippen LogP contribution in [0, 0.1) is 0 Å². The highest BCUT2D eigenvalue weighted by Gasteiger charge is 2.07. The Balaban J connectivity index is 1.70. The van der Waals surface area contributed by atoms with Gasteiger partial charge in [-0.2, -0.15) is 5.10 Å². The third-order valence-electron chi connectivity index (χ3n) is 3.59. The van der Waals surface area contributed by atoms with Crippen LogP contribution in [0.3, 0.4) is 0 Å². The summed E-state index contributed by atoms with van der Waals surface area (Å²) in [6.45, 7) is 2.18. The Morgan fingerprint density at radius 2 is 2.00 bits per heavy atom. The standard InChI is InChI=1S/C17H19N3O/c1-12(10-13-6-8-14(21-2)9-7-13)19-16-4-3-5-17-15(16)11-18-20-17/h3-9,11-12,19H,10H2,1-2H3,(H,18,20). The minimum absolute atomic E-state index is 0.332. The van der Waals surface area contributed by atoms with Crippen LogP contribution in [0.15, 0.2) is 48.7 Å². The molecule has 0 radical (unpaired) electrons. The van der Waals surface area contributed by atoms with Crippen molar-refractivity contribution in [3.8, 4) is 5.75 Å². The molecule has 1 unspecified atom stereocenters. The highest BCUT2D eigenvalue weighted by atomic mass is 16.5. The average molecular weight is 281 g/mol. The number of anilines is 1. The van der Waals surface area contributed by atoms with E-state index in [0.717, 1.165) is 28.8 Å². The van der Waals surface area contributed by atoms with E-state index in [1.165, 1.54) is 5.56 Å². The van der Waals surface area contributed by atoms with Gasteiger partial charge in [0.1, 0.15) is 5.75 Å². The van der Waals surface area contributed by atoms with Crippen LogP contribution in [-0.4, -0.2) is 23.3 Å². The van der Waals surface area contributed by atoms with Gasteiger partial charge >= 0.3 is 0 Å². The zero-order valence-corrected chi connectivity index (χ0v) is 12.3. The first-order valence-corrected chi connectivity index (χ1v) is 7.08. The third kappa shape index (κ3) is 2.99. The molecule has 1 heterocycles. The van der Waals surface area contributed by atoms with Gasteiger partial charge in [-0.25, -0.2) is 0 Å². The lowest BCUT2D eigenvalue weighted by molar-refractivity contribution is 0.414. The molecule has 2 aromatic carbocycles. The van der Waals surface area contributed by atoms with Crippen LogP contribution >= 0.6 is 0 Å². The Bertz CT molecular complexity index is 718. The highest BCUT2D eigenvalue weighted by molar-refractivity contribution is 5.90. The van der Waals surface area contributed by atoms with E-state index in [4.69, 9.17) is 4.74 Å². The van der Waals surface area contributed by atoms with Gasteiger partial charge in [0.2, 0.25) is 0 Å². The number of benzene rings is 2. The van der Waals surface area contributed by atoms with E-state index in [0.29, 0.717) is 6.04 Å². The van der Waals surface area contributed by atoms with Gasteiger partial charge in [-0.05, 0) is 43.2 Å². The van der Waals surface area contributed by atoms with Crippen molar-refractivity contribution < 1.29 is 4.74 Å². The molecule has 21 heavy (non-hydrogen) atoms. The molecule has 4 heteroatoms. The Morgan fingerprint density at radius 1 is 1.19 bits per heavy atom. The topological polar surface area (TPSA) is 49.9 Å². The molecule has 0 amide bonds. The smallest absolute Gasteiger partial charge is 0.118 e. The van der Waals surface area contributed by atoms with Gasteiger partial charge in [-0.3, -0.25) is 5.10 Å². The quantitative estimate of drug-likeness (QED) is 0.751. The van der Waals surface area contributed by atoms with Crippen LogP contribution in [0.1, 0.15) is 12.5 Å². The summed E-state index contributed by atoms with van der Waals surface area (Å²) in [5, 5.41) is 11.8. The largest absolute Gasteiger partial charge is 0.497 e. The molecule has 2 N–H and O–H groups in total. The fourth-order valence-corrected chi connectivity index (χ4v) is 2.53. The second kappa shape index (κ2) is 5.87. The first-order chi connectivity index (χ1) is 10.3. The van der Waals surface area contributed by atoms with Crippen molar-refractivity contribution in [1.82, 2.24) is 10.2 Å². The van der Waals surface area contributed by atoms with E-state index >= 15 is 0 Å². The summed E-state index contributed by atoms with van der Waals surface area (Å²) in [6.07, 6.45) is 2.82. The lowest BCUT2D eigenvalue weighted by Gasteiger charge is -2.16. The van der Waals surface area contributed by atoms with Crippen molar-refractivity contribution in [2.45, 2.75) is 19.4 Å². The molecule has 1 aromatic heterocycles. The maximum Gasteiger partial charge on any atom is 0.118 e. The summed E-state index contributed by atoms with van der Waals surface area (Å²) in [6, 6.07) is 14.7. The van der Waals surface area contributed by atoms with Crippen molar-refractivity contribution in [3.63, 3.8) is 0 Å². The van der Waals surface area contributed by atoms with Crippen LogP contribution in [0.2, 0.25) is 0 Å². The molecule has 3 rings (SSSR count). The zero-order valence-electron chi connectivity index (χ0n) is 12.3. The molecule has 0 spiro atoms. The van der Waals surface area contributed by atoms with E-state index < -0.39 is 0 Å². The molecular formula is C17H19N3O. The Hall–Kier alpha value is -2.49. The minimum atomic E-state index is 0.332. The number of methoxy groups -OCH3 is 1. The van der Waals surface area contributed by atoms with E-state index in [2.05, 4.69) is 40.6 Å². The van der Waals surface area contributed by atoms with E-state index in [9.17, 15) is 0 Å². The lowest BCUT2D eigenvalue weighted by atomic mass is 10.1. The number of ether oxygens (including phenoxy) is 1. The normalized spacial score (nSPS) is 12.3. The number of hydrogen-bond donors (Lipinski definition) is 2. The summed E-state index contributed by atoms with van der Waals surface area (Å²) < 4.78 is 5.18. The predicted molar refractivity (Wildman–Crippen MR) is 85.9 cm³/mol. The van der Waals surface area contributed by atoms with Crippen LogP contribution in [0.5, 0.6) is 5.75 Å². The predicted octanol–water partition coefficient (Wildman–Crippen LogP) is 3.61. The summed E-state index contributed by atoms with van der Waals surface area (Å²) in [5.74, 6) is 0.891. The molecule has 0 aliphatic heterocycles. The molecule has 0 bridgehead atoms. The second-order valence-electron chi connectivity index (χ2n) is 5.23. The second-order valence-corrected chi connectivity index (χ2v) is 5.23. The molecule has 108 valence electrons. The number of aromatic nitrogens is 2. The Morgan fingerprint density at radius 3 is 2.76 bits per heavy atom. The van der Waals surface area contributed by atoms with Gasteiger partial charge < -0.3 is 10.1 Å². The lowest BCUT2D eigenvalue weighted by Crippen LogP contribution is -2.18. The van der Waals surface area contributed by atoms with Crippen LogP contribution in [-0.2, 0) is 6.42 Å². The van der Waals surface area contributed by atoms with Crippen LogP contribution in [0.25, 0.3) is 10.9 Å². The van der Waals surface area contributed by atoms with Crippen LogP contribution < -0.4 is 10.1 Å². The highest BCUT2D eigenvalue weighted by Crippen LogP contribution is 2.22. The molecule has 0 fully saturated rings.